The number of fused-ring (bicyclic) bond motifs is 1. The number of aromatic nitrogens is 3. The summed E-state index contributed by atoms with van der Waals surface area (Å²) in [6.07, 6.45) is 2.36. The van der Waals surface area contributed by atoms with Crippen LogP contribution in [0.4, 0.5) is 0 Å². The van der Waals surface area contributed by atoms with E-state index < -0.39 is 0 Å². The van der Waals surface area contributed by atoms with E-state index in [-0.39, 0.29) is 11.9 Å². The molecule has 0 unspecified atom stereocenters. The molecule has 0 radical (unpaired) electrons. The third-order valence-electron chi connectivity index (χ3n) is 5.07. The van der Waals surface area contributed by atoms with Crippen molar-refractivity contribution >= 4 is 5.91 Å². The first-order valence-electron chi connectivity index (χ1n) is 9.36. The van der Waals surface area contributed by atoms with Crippen LogP contribution >= 0.6 is 0 Å². The Morgan fingerprint density at radius 2 is 2.15 bits per heavy atom. The number of methoxy groups -OCH3 is 1. The Hall–Kier alpha value is -2.61. The van der Waals surface area contributed by atoms with Gasteiger partial charge in [0.25, 0.3) is 5.91 Å². The Morgan fingerprint density at radius 1 is 1.33 bits per heavy atom. The van der Waals surface area contributed by atoms with Crippen LogP contribution < -0.4 is 15.2 Å². The number of benzene rings is 1. The van der Waals surface area contributed by atoms with E-state index >= 15 is 0 Å². The summed E-state index contributed by atoms with van der Waals surface area (Å²) in [5, 5.41) is 8.72. The molecule has 1 atom stereocenters. The van der Waals surface area contributed by atoms with Crippen molar-refractivity contribution in [1.29, 1.82) is 0 Å². The predicted molar refractivity (Wildman–Crippen MR) is 99.0 cm³/mol. The highest BCUT2D eigenvalue weighted by atomic mass is 16.5. The van der Waals surface area contributed by atoms with Gasteiger partial charge in [0, 0.05) is 25.1 Å². The fourth-order valence-corrected chi connectivity index (χ4v) is 3.60. The van der Waals surface area contributed by atoms with Crippen LogP contribution in [-0.2, 0) is 6.54 Å². The molecular formula is C19H25N5O3. The molecule has 8 nitrogen and oxygen atoms in total. The van der Waals surface area contributed by atoms with Crippen molar-refractivity contribution in [2.45, 2.75) is 38.3 Å². The molecule has 4 rings (SSSR count). The van der Waals surface area contributed by atoms with E-state index in [9.17, 15) is 4.79 Å². The SMILES string of the molecule is COc1ccc(C(=O)N2Cc3nnc(C4CC4)n3[C@@H](C)C2)c(OCCN)c1. The number of amides is 1. The molecule has 1 amide bonds. The summed E-state index contributed by atoms with van der Waals surface area (Å²) in [5.74, 6) is 3.50. The monoisotopic (exact) mass is 371 g/mol. The van der Waals surface area contributed by atoms with Crippen LogP contribution in [0.1, 0.15) is 53.7 Å². The molecule has 1 aliphatic carbocycles. The Balaban J connectivity index is 1.59. The molecule has 1 aromatic heterocycles. The van der Waals surface area contributed by atoms with Crippen LogP contribution in [0.3, 0.4) is 0 Å². The maximum absolute atomic E-state index is 13.2. The van der Waals surface area contributed by atoms with E-state index in [2.05, 4.69) is 21.7 Å². The molecule has 1 aliphatic heterocycles. The standard InChI is InChI=1S/C19H25N5O3/c1-12-10-23(11-17-21-22-18(24(12)17)13-3-4-13)19(25)15-6-5-14(26-2)9-16(15)27-8-7-20/h5-6,9,12-13H,3-4,7-8,10-11,20H2,1-2H3/t12-/m0/s1. The molecule has 2 N–H and O–H groups in total. The summed E-state index contributed by atoms with van der Waals surface area (Å²) >= 11 is 0. The highest BCUT2D eigenvalue weighted by Gasteiger charge is 2.36. The zero-order valence-electron chi connectivity index (χ0n) is 15.7. The number of hydrogen-bond acceptors (Lipinski definition) is 6. The van der Waals surface area contributed by atoms with Gasteiger partial charge in [-0.2, -0.15) is 0 Å². The van der Waals surface area contributed by atoms with Crippen molar-refractivity contribution < 1.29 is 14.3 Å². The first kappa shape index (κ1) is 17.8. The second-order valence-corrected chi connectivity index (χ2v) is 7.15. The molecule has 0 saturated heterocycles. The van der Waals surface area contributed by atoms with Gasteiger partial charge in [-0.3, -0.25) is 4.79 Å². The third-order valence-corrected chi connectivity index (χ3v) is 5.07. The lowest BCUT2D eigenvalue weighted by atomic mass is 10.1. The number of carbonyl (C=O) groups is 1. The minimum atomic E-state index is -0.0845. The van der Waals surface area contributed by atoms with Gasteiger partial charge in [-0.25, -0.2) is 0 Å². The molecule has 1 saturated carbocycles. The normalized spacial score (nSPS) is 18.9. The Kier molecular flexibility index (Phi) is 4.73. The van der Waals surface area contributed by atoms with Gasteiger partial charge in [-0.15, -0.1) is 10.2 Å². The topological polar surface area (TPSA) is 95.5 Å². The largest absolute Gasteiger partial charge is 0.497 e. The second kappa shape index (κ2) is 7.19. The molecule has 1 aromatic carbocycles. The van der Waals surface area contributed by atoms with E-state index in [4.69, 9.17) is 15.2 Å². The molecule has 2 aliphatic rings. The van der Waals surface area contributed by atoms with Crippen LogP contribution in [0.25, 0.3) is 0 Å². The van der Waals surface area contributed by atoms with Gasteiger partial charge in [0.1, 0.15) is 23.9 Å². The van der Waals surface area contributed by atoms with Crippen LogP contribution in [0, 0.1) is 0 Å². The first-order chi connectivity index (χ1) is 13.1. The van der Waals surface area contributed by atoms with E-state index in [0.717, 1.165) is 11.6 Å². The van der Waals surface area contributed by atoms with Gasteiger partial charge >= 0.3 is 0 Å². The number of ether oxygens (including phenoxy) is 2. The van der Waals surface area contributed by atoms with Gasteiger partial charge in [0.2, 0.25) is 0 Å². The highest BCUT2D eigenvalue weighted by Crippen LogP contribution is 2.41. The zero-order valence-corrected chi connectivity index (χ0v) is 15.7. The van der Waals surface area contributed by atoms with Gasteiger partial charge < -0.3 is 24.7 Å². The van der Waals surface area contributed by atoms with Gasteiger partial charge in [0.15, 0.2) is 5.82 Å². The minimum absolute atomic E-state index is 0.0845. The number of nitrogens with zero attached hydrogens (tertiary/aromatic N) is 4. The van der Waals surface area contributed by atoms with Crippen molar-refractivity contribution in [3.05, 3.63) is 35.4 Å². The number of nitrogens with two attached hydrogens (primary N) is 1. The number of hydrogen-bond donors (Lipinski definition) is 1. The van der Waals surface area contributed by atoms with Crippen molar-refractivity contribution in [3.8, 4) is 11.5 Å². The first-order valence-corrected chi connectivity index (χ1v) is 9.36. The summed E-state index contributed by atoms with van der Waals surface area (Å²) in [6, 6.07) is 5.38. The van der Waals surface area contributed by atoms with E-state index in [1.807, 2.05) is 4.90 Å². The summed E-state index contributed by atoms with van der Waals surface area (Å²) in [7, 11) is 1.58. The Bertz CT molecular complexity index is 846. The average Bonchev–Trinajstić information content (AvgIpc) is 3.44. The van der Waals surface area contributed by atoms with Gasteiger partial charge in [-0.05, 0) is 31.9 Å². The predicted octanol–water partition coefficient (Wildman–Crippen LogP) is 1.72. The lowest BCUT2D eigenvalue weighted by Crippen LogP contribution is -2.41. The van der Waals surface area contributed by atoms with Crippen molar-refractivity contribution in [2.24, 2.45) is 5.73 Å². The molecule has 27 heavy (non-hydrogen) atoms. The molecule has 1 fully saturated rings. The fourth-order valence-electron chi connectivity index (χ4n) is 3.60. The maximum Gasteiger partial charge on any atom is 0.258 e. The van der Waals surface area contributed by atoms with Crippen LogP contribution in [0.15, 0.2) is 18.2 Å². The molecule has 2 aromatic rings. The quantitative estimate of drug-likeness (QED) is 0.831. The fraction of sp³-hybridized carbons (Fsp3) is 0.526. The van der Waals surface area contributed by atoms with E-state index in [1.165, 1.54) is 12.8 Å². The van der Waals surface area contributed by atoms with E-state index in [1.54, 1.807) is 25.3 Å². The van der Waals surface area contributed by atoms with Gasteiger partial charge in [0.05, 0.1) is 25.3 Å². The summed E-state index contributed by atoms with van der Waals surface area (Å²) in [4.78, 5) is 15.0. The smallest absolute Gasteiger partial charge is 0.258 e. The summed E-state index contributed by atoms with van der Waals surface area (Å²) < 4.78 is 13.2. The molecule has 0 spiro atoms. The van der Waals surface area contributed by atoms with Crippen molar-refractivity contribution in [2.75, 3.05) is 26.8 Å². The Morgan fingerprint density at radius 3 is 2.85 bits per heavy atom. The molecule has 0 bridgehead atoms. The lowest BCUT2D eigenvalue weighted by molar-refractivity contribution is 0.0675. The summed E-state index contributed by atoms with van der Waals surface area (Å²) in [6.45, 7) is 3.89. The van der Waals surface area contributed by atoms with E-state index in [0.29, 0.717) is 49.2 Å². The number of carbonyl (C=O) groups excluding carboxylic acids is 1. The zero-order chi connectivity index (χ0) is 19.0. The second-order valence-electron chi connectivity index (χ2n) is 7.15. The highest BCUT2D eigenvalue weighted by molar-refractivity contribution is 5.97. The van der Waals surface area contributed by atoms with Gasteiger partial charge in [-0.1, -0.05) is 0 Å². The van der Waals surface area contributed by atoms with Crippen molar-refractivity contribution in [1.82, 2.24) is 19.7 Å². The van der Waals surface area contributed by atoms with Crippen LogP contribution in [0.5, 0.6) is 11.5 Å². The number of rotatable bonds is 6. The van der Waals surface area contributed by atoms with Crippen LogP contribution in [-0.4, -0.2) is 52.4 Å². The maximum atomic E-state index is 13.2. The Labute approximate surface area is 158 Å². The molecule has 2 heterocycles. The van der Waals surface area contributed by atoms with Crippen LogP contribution in [0.2, 0.25) is 0 Å². The van der Waals surface area contributed by atoms with Crippen molar-refractivity contribution in [3.63, 3.8) is 0 Å². The summed E-state index contributed by atoms with van der Waals surface area (Å²) in [5.41, 5.74) is 6.06. The third kappa shape index (κ3) is 3.37. The average molecular weight is 371 g/mol. The minimum Gasteiger partial charge on any atom is -0.497 e. The molecule has 144 valence electrons. The lowest BCUT2D eigenvalue weighted by Gasteiger charge is -2.33. The molecular weight excluding hydrogens is 346 g/mol. The molecule has 8 heteroatoms.